The summed E-state index contributed by atoms with van der Waals surface area (Å²) in [5, 5.41) is 2.82. The number of nitrogens with two attached hydrogens (primary N) is 1. The topological polar surface area (TPSA) is 68.0 Å². The average molecular weight is 221 g/mol. The van der Waals surface area contributed by atoms with E-state index in [0.717, 1.165) is 12.0 Å². The van der Waals surface area contributed by atoms with Crippen molar-refractivity contribution in [2.75, 3.05) is 6.54 Å². The number of rotatable bonds is 5. The summed E-state index contributed by atoms with van der Waals surface area (Å²) in [4.78, 5) is 15.5. The van der Waals surface area contributed by atoms with Gasteiger partial charge in [-0.05, 0) is 24.0 Å². The van der Waals surface area contributed by atoms with E-state index in [1.807, 2.05) is 26.0 Å². The molecule has 0 radical (unpaired) electrons. The maximum Gasteiger partial charge on any atom is 0.237 e. The first kappa shape index (κ1) is 12.6. The highest BCUT2D eigenvalue weighted by Crippen LogP contribution is 1.99. The maximum atomic E-state index is 11.5. The van der Waals surface area contributed by atoms with Crippen LogP contribution in [0.5, 0.6) is 0 Å². The molecule has 1 atom stereocenters. The second kappa shape index (κ2) is 6.23. The molecule has 4 heteroatoms. The lowest BCUT2D eigenvalue weighted by Gasteiger charge is -2.15. The van der Waals surface area contributed by atoms with Gasteiger partial charge in [-0.3, -0.25) is 9.78 Å². The van der Waals surface area contributed by atoms with Crippen LogP contribution in [0.2, 0.25) is 0 Å². The van der Waals surface area contributed by atoms with Crippen LogP contribution in [0.1, 0.15) is 19.4 Å². The van der Waals surface area contributed by atoms with E-state index in [2.05, 4.69) is 10.3 Å². The van der Waals surface area contributed by atoms with E-state index in [-0.39, 0.29) is 11.8 Å². The number of pyridine rings is 1. The smallest absolute Gasteiger partial charge is 0.237 e. The molecule has 0 saturated heterocycles. The van der Waals surface area contributed by atoms with Crippen LogP contribution in [0.4, 0.5) is 0 Å². The molecule has 1 unspecified atom stereocenters. The third-order valence-electron chi connectivity index (χ3n) is 2.46. The fraction of sp³-hybridized carbons (Fsp3) is 0.500. The molecule has 0 aliphatic rings. The molecular formula is C12H19N3O. The number of amides is 1. The zero-order valence-corrected chi connectivity index (χ0v) is 9.81. The van der Waals surface area contributed by atoms with Gasteiger partial charge >= 0.3 is 0 Å². The van der Waals surface area contributed by atoms with Crippen molar-refractivity contribution in [1.82, 2.24) is 10.3 Å². The van der Waals surface area contributed by atoms with E-state index in [9.17, 15) is 4.79 Å². The van der Waals surface area contributed by atoms with E-state index in [1.54, 1.807) is 12.4 Å². The molecule has 88 valence electrons. The fourth-order valence-corrected chi connectivity index (χ4v) is 1.30. The van der Waals surface area contributed by atoms with Crippen LogP contribution >= 0.6 is 0 Å². The van der Waals surface area contributed by atoms with E-state index in [0.29, 0.717) is 6.54 Å². The van der Waals surface area contributed by atoms with Crippen LogP contribution in [0.3, 0.4) is 0 Å². The molecule has 0 aliphatic heterocycles. The molecule has 0 aliphatic carbocycles. The van der Waals surface area contributed by atoms with Gasteiger partial charge in [0.15, 0.2) is 0 Å². The minimum atomic E-state index is -0.422. The summed E-state index contributed by atoms with van der Waals surface area (Å²) < 4.78 is 0. The van der Waals surface area contributed by atoms with Crippen LogP contribution < -0.4 is 11.1 Å². The van der Waals surface area contributed by atoms with E-state index < -0.39 is 6.04 Å². The van der Waals surface area contributed by atoms with Gasteiger partial charge in [0, 0.05) is 18.9 Å². The maximum absolute atomic E-state index is 11.5. The molecule has 0 saturated carbocycles. The van der Waals surface area contributed by atoms with E-state index in [1.165, 1.54) is 0 Å². The lowest BCUT2D eigenvalue weighted by molar-refractivity contribution is -0.123. The highest BCUT2D eigenvalue weighted by molar-refractivity contribution is 5.81. The summed E-state index contributed by atoms with van der Waals surface area (Å²) in [5.74, 6) is 0.0808. The second-order valence-electron chi connectivity index (χ2n) is 4.17. The lowest BCUT2D eigenvalue weighted by Crippen LogP contribution is -2.44. The van der Waals surface area contributed by atoms with Crippen molar-refractivity contribution in [2.24, 2.45) is 11.7 Å². The summed E-state index contributed by atoms with van der Waals surface area (Å²) >= 11 is 0. The van der Waals surface area contributed by atoms with Crippen molar-refractivity contribution < 1.29 is 4.79 Å². The van der Waals surface area contributed by atoms with Crippen molar-refractivity contribution in [3.8, 4) is 0 Å². The van der Waals surface area contributed by atoms with E-state index >= 15 is 0 Å². The summed E-state index contributed by atoms with van der Waals surface area (Å²) in [6.07, 6.45) is 4.32. The van der Waals surface area contributed by atoms with Gasteiger partial charge in [0.25, 0.3) is 0 Å². The second-order valence-corrected chi connectivity index (χ2v) is 4.17. The quantitative estimate of drug-likeness (QED) is 0.770. The Morgan fingerprint density at radius 1 is 1.56 bits per heavy atom. The highest BCUT2D eigenvalue weighted by Gasteiger charge is 2.15. The number of aromatic nitrogens is 1. The summed E-state index contributed by atoms with van der Waals surface area (Å²) in [6.45, 7) is 4.47. The van der Waals surface area contributed by atoms with Gasteiger partial charge in [0.2, 0.25) is 5.91 Å². The molecule has 0 spiro atoms. The predicted molar refractivity (Wildman–Crippen MR) is 63.8 cm³/mol. The molecule has 16 heavy (non-hydrogen) atoms. The van der Waals surface area contributed by atoms with Crippen LogP contribution in [0.25, 0.3) is 0 Å². The molecule has 1 aromatic rings. The molecule has 1 heterocycles. The standard InChI is InChI=1S/C12H19N3O/c1-9(2)11(13)12(16)15-7-5-10-4-3-6-14-8-10/h3-4,6,8-9,11H,5,7,13H2,1-2H3,(H,15,16). The zero-order chi connectivity index (χ0) is 12.0. The number of carbonyl (C=O) groups is 1. The predicted octanol–water partition coefficient (Wildman–Crippen LogP) is 0.724. The Balaban J connectivity index is 2.28. The van der Waals surface area contributed by atoms with E-state index in [4.69, 9.17) is 5.73 Å². The number of nitrogens with zero attached hydrogens (tertiary/aromatic N) is 1. The first-order valence-electron chi connectivity index (χ1n) is 5.53. The number of nitrogens with one attached hydrogen (secondary N) is 1. The summed E-state index contributed by atoms with van der Waals surface area (Å²) in [6, 6.07) is 3.45. The Bertz CT molecular complexity index is 324. The summed E-state index contributed by atoms with van der Waals surface area (Å²) in [7, 11) is 0. The van der Waals surface area contributed by atoms with Crippen molar-refractivity contribution >= 4 is 5.91 Å². The van der Waals surface area contributed by atoms with Gasteiger partial charge in [-0.25, -0.2) is 0 Å². The largest absolute Gasteiger partial charge is 0.354 e. The molecule has 0 aromatic carbocycles. The molecule has 1 amide bonds. The third kappa shape index (κ3) is 3.98. The van der Waals surface area contributed by atoms with Gasteiger partial charge in [0.1, 0.15) is 0 Å². The average Bonchev–Trinajstić information content (AvgIpc) is 2.29. The van der Waals surface area contributed by atoms with Crippen LogP contribution in [-0.4, -0.2) is 23.5 Å². The molecule has 4 nitrogen and oxygen atoms in total. The van der Waals surface area contributed by atoms with Crippen LogP contribution in [0, 0.1) is 5.92 Å². The Hall–Kier alpha value is -1.42. The highest BCUT2D eigenvalue weighted by atomic mass is 16.2. The number of hydrogen-bond acceptors (Lipinski definition) is 3. The molecule has 1 rings (SSSR count). The Morgan fingerprint density at radius 2 is 2.31 bits per heavy atom. The minimum Gasteiger partial charge on any atom is -0.354 e. The van der Waals surface area contributed by atoms with Crippen molar-refractivity contribution in [3.05, 3.63) is 30.1 Å². The first-order chi connectivity index (χ1) is 7.61. The van der Waals surface area contributed by atoms with Crippen molar-refractivity contribution in [3.63, 3.8) is 0 Å². The van der Waals surface area contributed by atoms with Gasteiger partial charge in [0.05, 0.1) is 6.04 Å². The van der Waals surface area contributed by atoms with Gasteiger partial charge in [-0.15, -0.1) is 0 Å². The monoisotopic (exact) mass is 221 g/mol. The fourth-order valence-electron chi connectivity index (χ4n) is 1.30. The number of hydrogen-bond donors (Lipinski definition) is 2. The lowest BCUT2D eigenvalue weighted by atomic mass is 10.1. The number of carbonyl (C=O) groups excluding carboxylic acids is 1. The Kier molecular flexibility index (Phi) is 4.92. The Morgan fingerprint density at radius 3 is 2.88 bits per heavy atom. The van der Waals surface area contributed by atoms with Crippen molar-refractivity contribution in [1.29, 1.82) is 0 Å². The van der Waals surface area contributed by atoms with Crippen LogP contribution in [-0.2, 0) is 11.2 Å². The molecule has 0 bridgehead atoms. The Labute approximate surface area is 96.3 Å². The molecule has 3 N–H and O–H groups in total. The van der Waals surface area contributed by atoms with Crippen LogP contribution in [0.15, 0.2) is 24.5 Å². The SMILES string of the molecule is CC(C)C(N)C(=O)NCCc1cccnc1. The normalized spacial score (nSPS) is 12.5. The minimum absolute atomic E-state index is 0.0844. The molecular weight excluding hydrogens is 202 g/mol. The van der Waals surface area contributed by atoms with Crippen molar-refractivity contribution in [2.45, 2.75) is 26.3 Å². The third-order valence-corrected chi connectivity index (χ3v) is 2.46. The molecule has 0 fully saturated rings. The van der Waals surface area contributed by atoms with Gasteiger partial charge in [-0.1, -0.05) is 19.9 Å². The summed E-state index contributed by atoms with van der Waals surface area (Å²) in [5.41, 5.74) is 6.83. The zero-order valence-electron chi connectivity index (χ0n) is 9.81. The molecule has 1 aromatic heterocycles. The first-order valence-corrected chi connectivity index (χ1v) is 5.53. The van der Waals surface area contributed by atoms with Gasteiger partial charge in [-0.2, -0.15) is 0 Å². The van der Waals surface area contributed by atoms with Gasteiger partial charge < -0.3 is 11.1 Å².